The molecule has 0 aromatic heterocycles. The molecule has 1 fully saturated rings. The Morgan fingerprint density at radius 2 is 2.05 bits per heavy atom. The third kappa shape index (κ3) is 6.68. The summed E-state index contributed by atoms with van der Waals surface area (Å²) in [5, 5.41) is 31.2. The van der Waals surface area contributed by atoms with Crippen molar-refractivity contribution in [2.45, 2.75) is 57.3 Å². The van der Waals surface area contributed by atoms with Crippen molar-refractivity contribution >= 4 is 0 Å². The molecule has 1 aliphatic rings. The summed E-state index contributed by atoms with van der Waals surface area (Å²) in [4.78, 5) is 0. The summed E-state index contributed by atoms with van der Waals surface area (Å²) in [6.45, 7) is 4.38. The van der Waals surface area contributed by atoms with E-state index in [4.69, 9.17) is 9.84 Å². The van der Waals surface area contributed by atoms with E-state index in [0.717, 1.165) is 6.42 Å². The lowest BCUT2D eigenvalue weighted by atomic mass is 9.88. The van der Waals surface area contributed by atoms with Crippen LogP contribution >= 0.6 is 0 Å². The number of rotatable bonds is 8. The monoisotopic (exact) mass is 275 g/mol. The first-order chi connectivity index (χ1) is 8.94. The summed E-state index contributed by atoms with van der Waals surface area (Å²) in [6, 6.07) is 0. The van der Waals surface area contributed by atoms with E-state index in [1.54, 1.807) is 6.92 Å². The van der Waals surface area contributed by atoms with E-state index in [1.807, 2.05) is 0 Å². The van der Waals surface area contributed by atoms with Gasteiger partial charge in [-0.15, -0.1) is 0 Å². The van der Waals surface area contributed by atoms with Crippen LogP contribution in [0.5, 0.6) is 0 Å². The molecule has 0 aliphatic heterocycles. The fraction of sp³-hybridized carbons (Fsp3) is 1.00. The van der Waals surface area contributed by atoms with Crippen molar-refractivity contribution in [2.24, 2.45) is 5.92 Å². The summed E-state index contributed by atoms with van der Waals surface area (Å²) in [5.41, 5.74) is -1.14. The Bertz CT molecular complexity index is 248. The molecular weight excluding hydrogens is 246 g/mol. The van der Waals surface area contributed by atoms with E-state index in [9.17, 15) is 10.2 Å². The molecule has 4 atom stereocenters. The second-order valence-corrected chi connectivity index (χ2v) is 6.07. The zero-order valence-electron chi connectivity index (χ0n) is 12.1. The van der Waals surface area contributed by atoms with Crippen molar-refractivity contribution in [1.82, 2.24) is 5.32 Å². The van der Waals surface area contributed by atoms with Gasteiger partial charge in [-0.25, -0.2) is 0 Å². The molecule has 4 N–H and O–H groups in total. The summed E-state index contributed by atoms with van der Waals surface area (Å²) in [6.07, 6.45) is 4.47. The highest BCUT2D eigenvalue weighted by atomic mass is 16.5. The van der Waals surface area contributed by atoms with Gasteiger partial charge in [-0.2, -0.15) is 0 Å². The molecule has 0 radical (unpaired) electrons. The Labute approximate surface area is 116 Å². The van der Waals surface area contributed by atoms with Gasteiger partial charge >= 0.3 is 0 Å². The molecule has 0 bridgehead atoms. The van der Waals surface area contributed by atoms with Gasteiger partial charge in [0.2, 0.25) is 0 Å². The first kappa shape index (κ1) is 16.9. The fourth-order valence-corrected chi connectivity index (χ4v) is 2.39. The van der Waals surface area contributed by atoms with Crippen LogP contribution in [0.25, 0.3) is 0 Å². The van der Waals surface area contributed by atoms with Crippen molar-refractivity contribution < 1.29 is 20.1 Å². The average Bonchev–Trinajstić information content (AvgIpc) is 2.37. The molecule has 5 nitrogen and oxygen atoms in total. The second kappa shape index (κ2) is 8.17. The Morgan fingerprint density at radius 1 is 1.37 bits per heavy atom. The van der Waals surface area contributed by atoms with Crippen molar-refractivity contribution in [3.05, 3.63) is 0 Å². The molecule has 1 rings (SSSR count). The van der Waals surface area contributed by atoms with Crippen molar-refractivity contribution in [3.63, 3.8) is 0 Å². The Kier molecular flexibility index (Phi) is 7.25. The minimum Gasteiger partial charge on any atom is -0.393 e. The summed E-state index contributed by atoms with van der Waals surface area (Å²) in [5.74, 6) is 0.573. The third-order valence-corrected chi connectivity index (χ3v) is 3.76. The van der Waals surface area contributed by atoms with E-state index < -0.39 is 11.7 Å². The predicted molar refractivity (Wildman–Crippen MR) is 74.0 cm³/mol. The minimum atomic E-state index is -1.14. The first-order valence-corrected chi connectivity index (χ1v) is 7.28. The summed E-state index contributed by atoms with van der Waals surface area (Å²) < 4.78 is 5.76. The standard InChI is InChI=1S/C14H29NO4/c1-11-5-3-4-6-13(11)19-8-12(17)7-15-9-14(2,18)10-16/h11-13,15-18H,3-10H2,1-2H3. The summed E-state index contributed by atoms with van der Waals surface area (Å²) >= 11 is 0. The predicted octanol–water partition coefficient (Wildman–Crippen LogP) is 0.275. The van der Waals surface area contributed by atoms with Crippen LogP contribution in [0, 0.1) is 5.92 Å². The number of nitrogens with one attached hydrogen (secondary N) is 1. The van der Waals surface area contributed by atoms with Gasteiger partial charge in [0.25, 0.3) is 0 Å². The molecule has 19 heavy (non-hydrogen) atoms. The van der Waals surface area contributed by atoms with Crippen molar-refractivity contribution in [2.75, 3.05) is 26.3 Å². The Morgan fingerprint density at radius 3 is 2.68 bits per heavy atom. The van der Waals surface area contributed by atoms with Crippen LogP contribution in [-0.4, -0.2) is 59.4 Å². The van der Waals surface area contributed by atoms with Crippen molar-refractivity contribution in [1.29, 1.82) is 0 Å². The second-order valence-electron chi connectivity index (χ2n) is 6.07. The third-order valence-electron chi connectivity index (χ3n) is 3.76. The first-order valence-electron chi connectivity index (χ1n) is 7.28. The quantitative estimate of drug-likeness (QED) is 0.511. The van der Waals surface area contributed by atoms with E-state index in [0.29, 0.717) is 19.1 Å². The molecule has 0 aromatic carbocycles. The molecule has 0 amide bonds. The highest BCUT2D eigenvalue weighted by Crippen LogP contribution is 2.26. The maximum absolute atomic E-state index is 9.80. The Balaban J connectivity index is 2.12. The van der Waals surface area contributed by atoms with Gasteiger partial charge in [0.1, 0.15) is 0 Å². The van der Waals surface area contributed by atoms with E-state index in [1.165, 1.54) is 19.3 Å². The Hall–Kier alpha value is -0.200. The van der Waals surface area contributed by atoms with Crippen LogP contribution in [0.3, 0.4) is 0 Å². The lowest BCUT2D eigenvalue weighted by Crippen LogP contribution is -2.44. The van der Waals surface area contributed by atoms with Gasteiger partial charge in [0, 0.05) is 13.1 Å². The normalized spacial score (nSPS) is 28.9. The van der Waals surface area contributed by atoms with Gasteiger partial charge in [0.05, 0.1) is 31.0 Å². The molecular formula is C14H29NO4. The van der Waals surface area contributed by atoms with Crippen LogP contribution in [0.4, 0.5) is 0 Å². The maximum Gasteiger partial charge on any atom is 0.0972 e. The highest BCUT2D eigenvalue weighted by Gasteiger charge is 2.23. The van der Waals surface area contributed by atoms with Gasteiger partial charge in [-0.1, -0.05) is 19.8 Å². The van der Waals surface area contributed by atoms with Crippen molar-refractivity contribution in [3.8, 4) is 0 Å². The van der Waals surface area contributed by atoms with Gasteiger partial charge in [-0.3, -0.25) is 0 Å². The minimum absolute atomic E-state index is 0.250. The molecule has 0 heterocycles. The number of hydrogen-bond donors (Lipinski definition) is 4. The summed E-state index contributed by atoms with van der Waals surface area (Å²) in [7, 11) is 0. The lowest BCUT2D eigenvalue weighted by molar-refractivity contribution is -0.0475. The SMILES string of the molecule is CC1CCCCC1OCC(O)CNCC(C)(O)CO. The number of ether oxygens (including phenoxy) is 1. The van der Waals surface area contributed by atoms with E-state index in [2.05, 4.69) is 12.2 Å². The largest absolute Gasteiger partial charge is 0.393 e. The van der Waals surface area contributed by atoms with Crippen LogP contribution < -0.4 is 5.32 Å². The maximum atomic E-state index is 9.80. The van der Waals surface area contributed by atoms with Gasteiger partial charge in [0.15, 0.2) is 0 Å². The average molecular weight is 275 g/mol. The molecule has 0 spiro atoms. The number of aliphatic hydroxyl groups is 3. The number of hydrogen-bond acceptors (Lipinski definition) is 5. The lowest BCUT2D eigenvalue weighted by Gasteiger charge is -2.29. The van der Waals surface area contributed by atoms with Gasteiger partial charge in [-0.05, 0) is 25.7 Å². The van der Waals surface area contributed by atoms with Crippen LogP contribution in [0.15, 0.2) is 0 Å². The topological polar surface area (TPSA) is 82.0 Å². The van der Waals surface area contributed by atoms with E-state index >= 15 is 0 Å². The molecule has 1 saturated carbocycles. The van der Waals surface area contributed by atoms with Gasteiger partial charge < -0.3 is 25.4 Å². The smallest absolute Gasteiger partial charge is 0.0972 e. The van der Waals surface area contributed by atoms with Crippen LogP contribution in [0.2, 0.25) is 0 Å². The fourth-order valence-electron chi connectivity index (χ4n) is 2.39. The molecule has 5 heteroatoms. The van der Waals surface area contributed by atoms with E-state index in [-0.39, 0.29) is 19.3 Å². The molecule has 114 valence electrons. The zero-order valence-corrected chi connectivity index (χ0v) is 12.1. The molecule has 1 aliphatic carbocycles. The van der Waals surface area contributed by atoms with Crippen LogP contribution in [0.1, 0.15) is 39.5 Å². The highest BCUT2D eigenvalue weighted by molar-refractivity contribution is 4.76. The molecule has 4 unspecified atom stereocenters. The zero-order chi connectivity index (χ0) is 14.3. The number of aliphatic hydroxyl groups excluding tert-OH is 2. The molecule has 0 aromatic rings. The van der Waals surface area contributed by atoms with Crippen LogP contribution in [-0.2, 0) is 4.74 Å². The molecule has 0 saturated heterocycles.